The Hall–Kier alpha value is -2.89. The number of aryl methyl sites for hydroxylation is 2. The maximum Gasteiger partial charge on any atom is 0.344 e. The monoisotopic (exact) mass is 345 g/mol. The molecule has 0 spiro atoms. The molecule has 0 aromatic heterocycles. The van der Waals surface area contributed by atoms with Crippen LogP contribution in [0.1, 0.15) is 18.1 Å². The van der Waals surface area contributed by atoms with Crippen LogP contribution in [0, 0.1) is 19.7 Å². The van der Waals surface area contributed by atoms with Crippen molar-refractivity contribution in [3.05, 3.63) is 59.4 Å². The summed E-state index contributed by atoms with van der Waals surface area (Å²) in [4.78, 5) is 23.8. The van der Waals surface area contributed by atoms with Gasteiger partial charge in [-0.3, -0.25) is 4.79 Å². The van der Waals surface area contributed by atoms with Crippen molar-refractivity contribution in [2.24, 2.45) is 0 Å². The number of benzene rings is 2. The molecule has 1 amide bonds. The lowest BCUT2D eigenvalue weighted by molar-refractivity contribution is -0.155. The zero-order valence-corrected chi connectivity index (χ0v) is 14.3. The van der Waals surface area contributed by atoms with Crippen molar-refractivity contribution in [1.82, 2.24) is 0 Å². The number of esters is 1. The second kappa shape index (κ2) is 8.28. The Balaban J connectivity index is 1.83. The Morgan fingerprint density at radius 2 is 1.92 bits per heavy atom. The number of ether oxygens (including phenoxy) is 2. The van der Waals surface area contributed by atoms with E-state index in [0.29, 0.717) is 11.4 Å². The maximum absolute atomic E-state index is 13.1. The van der Waals surface area contributed by atoms with Gasteiger partial charge in [-0.2, -0.15) is 0 Å². The Morgan fingerprint density at radius 3 is 2.60 bits per heavy atom. The first-order chi connectivity index (χ1) is 11.8. The molecule has 0 fully saturated rings. The lowest BCUT2D eigenvalue weighted by atomic mass is 10.1. The normalized spacial score (nSPS) is 11.5. The number of amides is 1. The lowest BCUT2D eigenvalue weighted by Crippen LogP contribution is -2.31. The summed E-state index contributed by atoms with van der Waals surface area (Å²) in [5.41, 5.74) is 2.29. The smallest absolute Gasteiger partial charge is 0.344 e. The highest BCUT2D eigenvalue weighted by Crippen LogP contribution is 2.18. The van der Waals surface area contributed by atoms with E-state index in [0.717, 1.165) is 11.1 Å². The summed E-state index contributed by atoms with van der Waals surface area (Å²) in [6.45, 7) is 4.97. The van der Waals surface area contributed by atoms with Crippen molar-refractivity contribution < 1.29 is 23.5 Å². The van der Waals surface area contributed by atoms with Crippen molar-refractivity contribution in [1.29, 1.82) is 0 Å². The van der Waals surface area contributed by atoms with Crippen molar-refractivity contribution in [3.63, 3.8) is 0 Å². The summed E-state index contributed by atoms with van der Waals surface area (Å²) in [6, 6.07) is 11.0. The van der Waals surface area contributed by atoms with Gasteiger partial charge in [-0.1, -0.05) is 23.8 Å². The first kappa shape index (κ1) is 18.4. The summed E-state index contributed by atoms with van der Waals surface area (Å²) in [6.07, 6.45) is -1.03. The van der Waals surface area contributed by atoms with Crippen LogP contribution in [-0.2, 0) is 14.3 Å². The molecular weight excluding hydrogens is 325 g/mol. The molecule has 2 aromatic rings. The fourth-order valence-electron chi connectivity index (χ4n) is 2.19. The molecular formula is C19H20FNO4. The third-order valence-corrected chi connectivity index (χ3v) is 3.45. The minimum atomic E-state index is -1.03. The van der Waals surface area contributed by atoms with E-state index >= 15 is 0 Å². The van der Waals surface area contributed by atoms with E-state index in [-0.39, 0.29) is 6.61 Å². The summed E-state index contributed by atoms with van der Waals surface area (Å²) in [5.74, 6) is -1.10. The maximum atomic E-state index is 13.1. The molecule has 5 nitrogen and oxygen atoms in total. The number of hydrogen-bond acceptors (Lipinski definition) is 4. The van der Waals surface area contributed by atoms with Crippen molar-refractivity contribution in [3.8, 4) is 5.75 Å². The molecule has 0 saturated heterocycles. The minimum Gasteiger partial charge on any atom is -0.482 e. The van der Waals surface area contributed by atoms with Crippen LogP contribution in [0.4, 0.5) is 10.1 Å². The van der Waals surface area contributed by atoms with Crippen LogP contribution < -0.4 is 10.1 Å². The van der Waals surface area contributed by atoms with Gasteiger partial charge >= 0.3 is 5.97 Å². The van der Waals surface area contributed by atoms with E-state index < -0.39 is 23.8 Å². The Kier molecular flexibility index (Phi) is 6.11. The number of carbonyl (C=O) groups is 2. The van der Waals surface area contributed by atoms with Gasteiger partial charge in [-0.25, -0.2) is 9.18 Å². The van der Waals surface area contributed by atoms with E-state index in [1.807, 2.05) is 26.0 Å². The summed E-state index contributed by atoms with van der Waals surface area (Å²) in [7, 11) is 0. The predicted molar refractivity (Wildman–Crippen MR) is 92.0 cm³/mol. The highest BCUT2D eigenvalue weighted by molar-refractivity contribution is 5.95. The molecule has 6 heteroatoms. The van der Waals surface area contributed by atoms with Crippen LogP contribution in [0.15, 0.2) is 42.5 Å². The van der Waals surface area contributed by atoms with Gasteiger partial charge in [0.15, 0.2) is 12.7 Å². The minimum absolute atomic E-state index is 0.291. The third kappa shape index (κ3) is 5.60. The van der Waals surface area contributed by atoms with Crippen LogP contribution >= 0.6 is 0 Å². The molecule has 25 heavy (non-hydrogen) atoms. The van der Waals surface area contributed by atoms with Gasteiger partial charge in [-0.05, 0) is 50.6 Å². The SMILES string of the molecule is Cc1ccc(OCC(=O)O[C@H](C)C(=O)Nc2cccc(F)c2)c(C)c1. The van der Waals surface area contributed by atoms with Gasteiger partial charge in [0.1, 0.15) is 11.6 Å². The topological polar surface area (TPSA) is 64.6 Å². The second-order valence-corrected chi connectivity index (χ2v) is 5.69. The Labute approximate surface area is 145 Å². The number of nitrogens with one attached hydrogen (secondary N) is 1. The molecule has 1 N–H and O–H groups in total. The van der Waals surface area contributed by atoms with E-state index in [4.69, 9.17) is 9.47 Å². The zero-order chi connectivity index (χ0) is 18.4. The average Bonchev–Trinajstić information content (AvgIpc) is 2.54. The Morgan fingerprint density at radius 1 is 1.16 bits per heavy atom. The van der Waals surface area contributed by atoms with Gasteiger partial charge in [0.25, 0.3) is 5.91 Å². The zero-order valence-electron chi connectivity index (χ0n) is 14.3. The van der Waals surface area contributed by atoms with Gasteiger partial charge in [-0.15, -0.1) is 0 Å². The second-order valence-electron chi connectivity index (χ2n) is 5.69. The van der Waals surface area contributed by atoms with Crippen molar-refractivity contribution in [2.75, 3.05) is 11.9 Å². The lowest BCUT2D eigenvalue weighted by Gasteiger charge is -2.14. The van der Waals surface area contributed by atoms with E-state index in [9.17, 15) is 14.0 Å². The van der Waals surface area contributed by atoms with Crippen molar-refractivity contribution in [2.45, 2.75) is 26.9 Å². The molecule has 0 heterocycles. The van der Waals surface area contributed by atoms with Crippen LogP contribution in [0.2, 0.25) is 0 Å². The third-order valence-electron chi connectivity index (χ3n) is 3.45. The van der Waals surface area contributed by atoms with Gasteiger partial charge in [0.2, 0.25) is 0 Å². The van der Waals surface area contributed by atoms with E-state index in [1.165, 1.54) is 25.1 Å². The average molecular weight is 345 g/mol. The summed E-state index contributed by atoms with van der Waals surface area (Å²) in [5, 5.41) is 2.48. The first-order valence-corrected chi connectivity index (χ1v) is 7.81. The molecule has 0 aliphatic carbocycles. The van der Waals surface area contributed by atoms with Crippen LogP contribution in [0.25, 0.3) is 0 Å². The predicted octanol–water partition coefficient (Wildman–Crippen LogP) is 3.39. The van der Waals surface area contributed by atoms with Crippen LogP contribution in [0.3, 0.4) is 0 Å². The fraction of sp³-hybridized carbons (Fsp3) is 0.263. The molecule has 1 atom stereocenters. The fourth-order valence-corrected chi connectivity index (χ4v) is 2.19. The first-order valence-electron chi connectivity index (χ1n) is 7.81. The molecule has 132 valence electrons. The quantitative estimate of drug-likeness (QED) is 0.815. The van der Waals surface area contributed by atoms with Crippen LogP contribution in [0.5, 0.6) is 5.75 Å². The number of carbonyl (C=O) groups excluding carboxylic acids is 2. The highest BCUT2D eigenvalue weighted by Gasteiger charge is 2.18. The van der Waals surface area contributed by atoms with Crippen LogP contribution in [-0.4, -0.2) is 24.6 Å². The molecule has 0 radical (unpaired) electrons. The number of anilines is 1. The number of halogens is 1. The molecule has 2 rings (SSSR count). The van der Waals surface area contributed by atoms with Gasteiger partial charge in [0, 0.05) is 5.69 Å². The molecule has 0 unspecified atom stereocenters. The number of rotatable bonds is 6. The molecule has 0 bridgehead atoms. The molecule has 2 aromatic carbocycles. The van der Waals surface area contributed by atoms with Gasteiger partial charge in [0.05, 0.1) is 0 Å². The Bertz CT molecular complexity index is 776. The van der Waals surface area contributed by atoms with E-state index in [1.54, 1.807) is 12.1 Å². The largest absolute Gasteiger partial charge is 0.482 e. The summed E-state index contributed by atoms with van der Waals surface area (Å²) >= 11 is 0. The highest BCUT2D eigenvalue weighted by atomic mass is 19.1. The van der Waals surface area contributed by atoms with E-state index in [2.05, 4.69) is 5.32 Å². The molecule has 0 saturated carbocycles. The van der Waals surface area contributed by atoms with Crippen molar-refractivity contribution >= 4 is 17.6 Å². The summed E-state index contributed by atoms with van der Waals surface area (Å²) < 4.78 is 23.5. The standard InChI is InChI=1S/C19H20FNO4/c1-12-7-8-17(13(2)9-12)24-11-18(22)25-14(3)19(23)21-16-6-4-5-15(20)10-16/h4-10,14H,11H2,1-3H3,(H,21,23)/t14-/m1/s1. The van der Waals surface area contributed by atoms with Gasteiger partial charge < -0.3 is 14.8 Å². The number of hydrogen-bond donors (Lipinski definition) is 1. The molecule has 0 aliphatic heterocycles. The molecule has 0 aliphatic rings.